The molecule has 19 heavy (non-hydrogen) atoms. The Hall–Kier alpha value is -0.800. The number of nitrogens with one attached hydrogen (secondary N) is 1. The molecule has 0 spiro atoms. The SMILES string of the molecule is CCNCc1oc(COC2CCCCCC2)cc1C. The molecule has 0 saturated heterocycles. The first-order valence-corrected chi connectivity index (χ1v) is 7.70. The fraction of sp³-hybridized carbons (Fsp3) is 0.750. The molecule has 1 heterocycles. The minimum Gasteiger partial charge on any atom is -0.462 e. The van der Waals surface area contributed by atoms with Crippen LogP contribution in [0.3, 0.4) is 0 Å². The van der Waals surface area contributed by atoms with Gasteiger partial charge in [0.1, 0.15) is 18.1 Å². The molecule has 3 heteroatoms. The predicted octanol–water partition coefficient (Wildman–Crippen LogP) is 3.94. The zero-order chi connectivity index (χ0) is 13.5. The fourth-order valence-electron chi connectivity index (χ4n) is 2.68. The number of hydrogen-bond acceptors (Lipinski definition) is 3. The van der Waals surface area contributed by atoms with Gasteiger partial charge in [0, 0.05) is 0 Å². The Labute approximate surface area is 116 Å². The van der Waals surface area contributed by atoms with E-state index in [4.69, 9.17) is 9.15 Å². The second kappa shape index (κ2) is 7.71. The van der Waals surface area contributed by atoms with E-state index in [1.54, 1.807) is 0 Å². The summed E-state index contributed by atoms with van der Waals surface area (Å²) in [4.78, 5) is 0. The van der Waals surface area contributed by atoms with Crippen LogP contribution in [-0.2, 0) is 17.9 Å². The van der Waals surface area contributed by atoms with E-state index in [2.05, 4.69) is 25.2 Å². The number of rotatable bonds is 6. The molecule has 1 aromatic rings. The van der Waals surface area contributed by atoms with Crippen LogP contribution in [0.5, 0.6) is 0 Å². The minimum atomic E-state index is 0.435. The highest BCUT2D eigenvalue weighted by Crippen LogP contribution is 2.22. The maximum absolute atomic E-state index is 6.01. The van der Waals surface area contributed by atoms with Gasteiger partial charge in [-0.25, -0.2) is 0 Å². The molecule has 0 atom stereocenters. The Morgan fingerprint density at radius 1 is 1.26 bits per heavy atom. The third-order valence-corrected chi connectivity index (χ3v) is 3.87. The molecule has 108 valence electrons. The molecule has 0 aromatic carbocycles. The van der Waals surface area contributed by atoms with Crippen LogP contribution in [0.15, 0.2) is 10.5 Å². The molecule has 0 unspecified atom stereocenters. The smallest absolute Gasteiger partial charge is 0.130 e. The van der Waals surface area contributed by atoms with E-state index in [1.165, 1.54) is 44.1 Å². The van der Waals surface area contributed by atoms with Crippen molar-refractivity contribution in [2.24, 2.45) is 0 Å². The van der Waals surface area contributed by atoms with Crippen LogP contribution >= 0.6 is 0 Å². The molecule has 0 radical (unpaired) electrons. The van der Waals surface area contributed by atoms with Crippen molar-refractivity contribution in [3.63, 3.8) is 0 Å². The summed E-state index contributed by atoms with van der Waals surface area (Å²) in [6, 6.07) is 2.11. The summed E-state index contributed by atoms with van der Waals surface area (Å²) in [5, 5.41) is 3.30. The Bertz CT molecular complexity index is 365. The quantitative estimate of drug-likeness (QED) is 0.791. The molecular formula is C16H27NO2. The average molecular weight is 265 g/mol. The maximum Gasteiger partial charge on any atom is 0.130 e. The monoisotopic (exact) mass is 265 g/mol. The highest BCUT2D eigenvalue weighted by atomic mass is 16.5. The van der Waals surface area contributed by atoms with Crippen LogP contribution < -0.4 is 5.32 Å². The normalized spacial score (nSPS) is 17.6. The maximum atomic E-state index is 6.01. The molecule has 3 nitrogen and oxygen atoms in total. The van der Waals surface area contributed by atoms with E-state index in [0.717, 1.165) is 24.6 Å². The molecule has 0 aliphatic heterocycles. The lowest BCUT2D eigenvalue weighted by Crippen LogP contribution is -2.12. The lowest BCUT2D eigenvalue weighted by molar-refractivity contribution is 0.0215. The van der Waals surface area contributed by atoms with Gasteiger partial charge in [-0.3, -0.25) is 0 Å². The van der Waals surface area contributed by atoms with Gasteiger partial charge in [0.05, 0.1) is 12.6 Å². The zero-order valence-electron chi connectivity index (χ0n) is 12.3. The van der Waals surface area contributed by atoms with Crippen LogP contribution in [0.1, 0.15) is 62.5 Å². The topological polar surface area (TPSA) is 34.4 Å². The van der Waals surface area contributed by atoms with Gasteiger partial charge in [-0.2, -0.15) is 0 Å². The fourth-order valence-corrected chi connectivity index (χ4v) is 2.68. The highest BCUT2D eigenvalue weighted by molar-refractivity contribution is 5.19. The Balaban J connectivity index is 1.81. The second-order valence-corrected chi connectivity index (χ2v) is 5.52. The van der Waals surface area contributed by atoms with Gasteiger partial charge >= 0.3 is 0 Å². The van der Waals surface area contributed by atoms with Gasteiger partial charge in [-0.1, -0.05) is 32.6 Å². The Kier molecular flexibility index (Phi) is 5.93. The summed E-state index contributed by atoms with van der Waals surface area (Å²) in [7, 11) is 0. The van der Waals surface area contributed by atoms with Crippen molar-refractivity contribution in [2.45, 2.75) is 71.6 Å². The second-order valence-electron chi connectivity index (χ2n) is 5.52. The van der Waals surface area contributed by atoms with Gasteiger partial charge in [-0.05, 0) is 37.9 Å². The third kappa shape index (κ3) is 4.66. The first-order valence-electron chi connectivity index (χ1n) is 7.70. The molecule has 1 aliphatic carbocycles. The lowest BCUT2D eigenvalue weighted by Gasteiger charge is -2.14. The van der Waals surface area contributed by atoms with Crippen molar-refractivity contribution in [1.82, 2.24) is 5.32 Å². The van der Waals surface area contributed by atoms with Crippen LogP contribution in [-0.4, -0.2) is 12.6 Å². The first kappa shape index (κ1) is 14.6. The molecule has 0 bridgehead atoms. The first-order chi connectivity index (χ1) is 9.29. The van der Waals surface area contributed by atoms with Gasteiger partial charge in [0.25, 0.3) is 0 Å². The molecular weight excluding hydrogens is 238 g/mol. The Morgan fingerprint density at radius 3 is 2.68 bits per heavy atom. The number of ether oxygens (including phenoxy) is 1. The predicted molar refractivity (Wildman–Crippen MR) is 77.1 cm³/mol. The summed E-state index contributed by atoms with van der Waals surface area (Å²) in [6.45, 7) is 6.61. The lowest BCUT2D eigenvalue weighted by atomic mass is 10.1. The van der Waals surface area contributed by atoms with Crippen LogP contribution in [0.25, 0.3) is 0 Å². The molecule has 2 rings (SSSR count). The number of furan rings is 1. The van der Waals surface area contributed by atoms with Gasteiger partial charge in [0.15, 0.2) is 0 Å². The van der Waals surface area contributed by atoms with Crippen LogP contribution in [0.4, 0.5) is 0 Å². The van der Waals surface area contributed by atoms with Crippen molar-refractivity contribution in [3.05, 3.63) is 23.2 Å². The number of hydrogen-bond donors (Lipinski definition) is 1. The van der Waals surface area contributed by atoms with E-state index < -0.39 is 0 Å². The zero-order valence-corrected chi connectivity index (χ0v) is 12.3. The summed E-state index contributed by atoms with van der Waals surface area (Å²) in [6.07, 6.45) is 8.22. The third-order valence-electron chi connectivity index (χ3n) is 3.87. The Morgan fingerprint density at radius 2 is 2.00 bits per heavy atom. The standard InChI is InChI=1S/C16H27NO2/c1-3-17-11-16-13(2)10-15(19-16)12-18-14-8-6-4-5-7-9-14/h10,14,17H,3-9,11-12H2,1-2H3. The van der Waals surface area contributed by atoms with E-state index in [9.17, 15) is 0 Å². The van der Waals surface area contributed by atoms with Gasteiger partial charge < -0.3 is 14.5 Å². The van der Waals surface area contributed by atoms with Crippen molar-refractivity contribution in [2.75, 3.05) is 6.54 Å². The van der Waals surface area contributed by atoms with E-state index in [-0.39, 0.29) is 0 Å². The van der Waals surface area contributed by atoms with Crippen LogP contribution in [0.2, 0.25) is 0 Å². The van der Waals surface area contributed by atoms with Crippen LogP contribution in [0, 0.1) is 6.92 Å². The molecule has 1 aromatic heterocycles. The summed E-state index contributed by atoms with van der Waals surface area (Å²) in [5.41, 5.74) is 1.22. The van der Waals surface area contributed by atoms with Crippen molar-refractivity contribution >= 4 is 0 Å². The van der Waals surface area contributed by atoms with E-state index in [0.29, 0.717) is 12.7 Å². The van der Waals surface area contributed by atoms with Crippen molar-refractivity contribution in [1.29, 1.82) is 0 Å². The largest absolute Gasteiger partial charge is 0.462 e. The average Bonchev–Trinajstić information content (AvgIpc) is 2.63. The molecule has 1 fully saturated rings. The summed E-state index contributed by atoms with van der Waals surface area (Å²) < 4.78 is 11.9. The van der Waals surface area contributed by atoms with Crippen molar-refractivity contribution < 1.29 is 9.15 Å². The van der Waals surface area contributed by atoms with Gasteiger partial charge in [0.2, 0.25) is 0 Å². The van der Waals surface area contributed by atoms with Gasteiger partial charge in [-0.15, -0.1) is 0 Å². The minimum absolute atomic E-state index is 0.435. The molecule has 1 saturated carbocycles. The van der Waals surface area contributed by atoms with E-state index in [1.807, 2.05) is 0 Å². The molecule has 1 N–H and O–H groups in total. The molecule has 0 amide bonds. The molecule has 1 aliphatic rings. The summed E-state index contributed by atoms with van der Waals surface area (Å²) >= 11 is 0. The highest BCUT2D eigenvalue weighted by Gasteiger charge is 2.14. The summed E-state index contributed by atoms with van der Waals surface area (Å²) in [5.74, 6) is 2.01. The van der Waals surface area contributed by atoms with Crippen molar-refractivity contribution in [3.8, 4) is 0 Å². The van der Waals surface area contributed by atoms with E-state index >= 15 is 0 Å². The number of aryl methyl sites for hydroxylation is 1.